The SMILES string of the molecule is C=CCC(C)O[Si](c1ccccc1)(c1ccccc1)C(C)(C)C. The summed E-state index contributed by atoms with van der Waals surface area (Å²) in [6.07, 6.45) is 2.96. The molecule has 0 fully saturated rings. The van der Waals surface area contributed by atoms with Crippen molar-refractivity contribution in [2.75, 3.05) is 0 Å². The summed E-state index contributed by atoms with van der Waals surface area (Å²) >= 11 is 0. The van der Waals surface area contributed by atoms with Crippen LogP contribution in [0.4, 0.5) is 0 Å². The van der Waals surface area contributed by atoms with Crippen molar-refractivity contribution in [1.82, 2.24) is 0 Å². The van der Waals surface area contributed by atoms with E-state index in [1.807, 2.05) is 6.08 Å². The topological polar surface area (TPSA) is 9.23 Å². The van der Waals surface area contributed by atoms with E-state index in [1.165, 1.54) is 10.4 Å². The Morgan fingerprint density at radius 2 is 1.39 bits per heavy atom. The number of hydrogen-bond donors (Lipinski definition) is 0. The van der Waals surface area contributed by atoms with E-state index in [9.17, 15) is 0 Å². The first-order chi connectivity index (χ1) is 10.9. The van der Waals surface area contributed by atoms with Gasteiger partial charge in [-0.15, -0.1) is 6.58 Å². The summed E-state index contributed by atoms with van der Waals surface area (Å²) in [5, 5.41) is 2.69. The Morgan fingerprint density at radius 3 is 1.74 bits per heavy atom. The fourth-order valence-electron chi connectivity index (χ4n) is 3.28. The van der Waals surface area contributed by atoms with Crippen LogP contribution in [0.3, 0.4) is 0 Å². The average Bonchev–Trinajstić information content (AvgIpc) is 2.53. The van der Waals surface area contributed by atoms with E-state index in [4.69, 9.17) is 4.43 Å². The number of rotatable bonds is 6. The van der Waals surface area contributed by atoms with Gasteiger partial charge in [-0.25, -0.2) is 0 Å². The predicted molar refractivity (Wildman–Crippen MR) is 103 cm³/mol. The molecule has 0 aliphatic rings. The molecule has 2 rings (SSSR count). The average molecular weight is 325 g/mol. The summed E-state index contributed by atoms with van der Waals surface area (Å²) in [6, 6.07) is 21.5. The van der Waals surface area contributed by atoms with Crippen molar-refractivity contribution < 1.29 is 4.43 Å². The second kappa shape index (κ2) is 7.29. The third-order valence-electron chi connectivity index (χ3n) is 4.29. The summed E-state index contributed by atoms with van der Waals surface area (Å²) < 4.78 is 6.88. The van der Waals surface area contributed by atoms with Gasteiger partial charge in [-0.1, -0.05) is 87.5 Å². The molecule has 0 amide bonds. The van der Waals surface area contributed by atoms with Crippen LogP contribution in [0.1, 0.15) is 34.1 Å². The maximum absolute atomic E-state index is 6.88. The van der Waals surface area contributed by atoms with Crippen LogP contribution in [0.2, 0.25) is 5.04 Å². The maximum atomic E-state index is 6.88. The molecule has 0 saturated heterocycles. The van der Waals surface area contributed by atoms with Crippen LogP contribution in [-0.2, 0) is 4.43 Å². The summed E-state index contributed by atoms with van der Waals surface area (Å²) in [7, 11) is -2.40. The quantitative estimate of drug-likeness (QED) is 0.560. The van der Waals surface area contributed by atoms with Gasteiger partial charge in [-0.3, -0.25) is 0 Å². The second-order valence-corrected chi connectivity index (χ2v) is 11.4. The minimum Gasteiger partial charge on any atom is -0.404 e. The number of benzene rings is 2. The van der Waals surface area contributed by atoms with Crippen LogP contribution in [-0.4, -0.2) is 14.4 Å². The van der Waals surface area contributed by atoms with Crippen LogP contribution < -0.4 is 10.4 Å². The van der Waals surface area contributed by atoms with Gasteiger partial charge in [-0.05, 0) is 28.8 Å². The van der Waals surface area contributed by atoms with Crippen LogP contribution >= 0.6 is 0 Å². The Balaban J connectivity index is 2.67. The zero-order chi connectivity index (χ0) is 16.9. The largest absolute Gasteiger partial charge is 0.404 e. The summed E-state index contributed by atoms with van der Waals surface area (Å²) in [5.74, 6) is 0. The molecule has 0 aliphatic carbocycles. The van der Waals surface area contributed by atoms with E-state index < -0.39 is 8.32 Å². The summed E-state index contributed by atoms with van der Waals surface area (Å²) in [6.45, 7) is 12.9. The zero-order valence-electron chi connectivity index (χ0n) is 14.8. The van der Waals surface area contributed by atoms with Gasteiger partial charge >= 0.3 is 0 Å². The Hall–Kier alpha value is -1.64. The molecule has 0 radical (unpaired) electrons. The molecular formula is C21H28OSi. The molecule has 1 nitrogen and oxygen atoms in total. The van der Waals surface area contributed by atoms with Crippen LogP contribution in [0.25, 0.3) is 0 Å². The Morgan fingerprint density at radius 1 is 0.957 bits per heavy atom. The van der Waals surface area contributed by atoms with Crippen molar-refractivity contribution >= 4 is 18.7 Å². The van der Waals surface area contributed by atoms with Crippen molar-refractivity contribution in [2.24, 2.45) is 0 Å². The van der Waals surface area contributed by atoms with Gasteiger partial charge in [0.25, 0.3) is 8.32 Å². The van der Waals surface area contributed by atoms with Gasteiger partial charge in [0.15, 0.2) is 0 Å². The normalized spacial score (nSPS) is 13.6. The van der Waals surface area contributed by atoms with Crippen LogP contribution in [0, 0.1) is 0 Å². The predicted octanol–water partition coefficient (Wildman–Crippen LogP) is 4.53. The molecular weight excluding hydrogens is 296 g/mol. The lowest BCUT2D eigenvalue weighted by molar-refractivity contribution is 0.210. The van der Waals surface area contributed by atoms with E-state index >= 15 is 0 Å². The Bertz CT molecular complexity index is 574. The third kappa shape index (κ3) is 3.65. The lowest BCUT2D eigenvalue weighted by Crippen LogP contribution is -2.67. The summed E-state index contributed by atoms with van der Waals surface area (Å²) in [4.78, 5) is 0. The van der Waals surface area contributed by atoms with E-state index in [0.717, 1.165) is 6.42 Å². The lowest BCUT2D eigenvalue weighted by Gasteiger charge is -2.44. The fraction of sp³-hybridized carbons (Fsp3) is 0.333. The van der Waals surface area contributed by atoms with Crippen molar-refractivity contribution in [2.45, 2.75) is 45.3 Å². The van der Waals surface area contributed by atoms with E-state index in [-0.39, 0.29) is 11.1 Å². The van der Waals surface area contributed by atoms with Crippen molar-refractivity contribution in [3.05, 3.63) is 73.3 Å². The van der Waals surface area contributed by atoms with Gasteiger partial charge < -0.3 is 4.43 Å². The van der Waals surface area contributed by atoms with E-state index in [0.29, 0.717) is 0 Å². The first-order valence-corrected chi connectivity index (χ1v) is 10.2. The molecule has 0 N–H and O–H groups in total. The molecule has 23 heavy (non-hydrogen) atoms. The molecule has 0 saturated carbocycles. The van der Waals surface area contributed by atoms with E-state index in [1.54, 1.807) is 0 Å². The highest BCUT2D eigenvalue weighted by Crippen LogP contribution is 2.37. The molecule has 0 heterocycles. The molecule has 0 aromatic heterocycles. The van der Waals surface area contributed by atoms with Gasteiger partial charge in [-0.2, -0.15) is 0 Å². The Kier molecular flexibility index (Phi) is 5.61. The van der Waals surface area contributed by atoms with Gasteiger partial charge in [0.2, 0.25) is 0 Å². The molecule has 0 spiro atoms. The maximum Gasteiger partial charge on any atom is 0.261 e. The molecule has 2 heteroatoms. The molecule has 1 unspecified atom stereocenters. The second-order valence-electron chi connectivity index (χ2n) is 7.12. The smallest absolute Gasteiger partial charge is 0.261 e. The molecule has 122 valence electrons. The molecule has 2 aromatic carbocycles. The molecule has 0 bridgehead atoms. The van der Waals surface area contributed by atoms with Gasteiger partial charge in [0, 0.05) is 6.10 Å². The van der Waals surface area contributed by atoms with E-state index in [2.05, 4.69) is 94.9 Å². The van der Waals surface area contributed by atoms with Crippen molar-refractivity contribution in [1.29, 1.82) is 0 Å². The molecule has 2 aromatic rings. The molecule has 0 aliphatic heterocycles. The minimum absolute atomic E-state index is 0.0329. The summed E-state index contributed by atoms with van der Waals surface area (Å²) in [5.41, 5.74) is 0. The van der Waals surface area contributed by atoms with Crippen LogP contribution in [0.15, 0.2) is 73.3 Å². The highest BCUT2D eigenvalue weighted by atomic mass is 28.4. The lowest BCUT2D eigenvalue weighted by atomic mass is 10.2. The first kappa shape index (κ1) is 17.7. The van der Waals surface area contributed by atoms with Crippen molar-refractivity contribution in [3.63, 3.8) is 0 Å². The Labute approximate surface area is 142 Å². The minimum atomic E-state index is -2.40. The van der Waals surface area contributed by atoms with Crippen molar-refractivity contribution in [3.8, 4) is 0 Å². The van der Waals surface area contributed by atoms with Gasteiger partial charge in [0.1, 0.15) is 0 Å². The standard InChI is InChI=1S/C21H28OSi/c1-6-13-18(2)22-23(21(3,4)5,19-14-9-7-10-15-19)20-16-11-8-12-17-20/h6-12,14-18H,1,13H2,2-5H3. The first-order valence-electron chi connectivity index (χ1n) is 8.31. The fourth-order valence-corrected chi connectivity index (χ4v) is 7.99. The number of hydrogen-bond acceptors (Lipinski definition) is 1. The highest BCUT2D eigenvalue weighted by Gasteiger charge is 2.50. The molecule has 1 atom stereocenters. The monoisotopic (exact) mass is 324 g/mol. The zero-order valence-corrected chi connectivity index (χ0v) is 15.8. The van der Waals surface area contributed by atoms with Crippen LogP contribution in [0.5, 0.6) is 0 Å². The third-order valence-corrected chi connectivity index (χ3v) is 9.45. The van der Waals surface area contributed by atoms with Gasteiger partial charge in [0.05, 0.1) is 0 Å². The highest BCUT2D eigenvalue weighted by molar-refractivity contribution is 6.99.